The van der Waals surface area contributed by atoms with Gasteiger partial charge in [0.2, 0.25) is 0 Å². The van der Waals surface area contributed by atoms with Gasteiger partial charge in [0.05, 0.1) is 23.2 Å². The number of ether oxygens (including phenoxy) is 1. The molecule has 1 aromatic heterocycles. The maximum atomic E-state index is 11.4. The Hall–Kier alpha value is -1.88. The van der Waals surface area contributed by atoms with Crippen molar-refractivity contribution in [3.63, 3.8) is 0 Å². The van der Waals surface area contributed by atoms with Crippen LogP contribution in [0.2, 0.25) is 0 Å². The molecule has 1 aliphatic rings. The maximum Gasteiger partial charge on any atom is 0.337 e. The molecule has 0 spiro atoms. The smallest absolute Gasteiger partial charge is 0.337 e. The topological polar surface area (TPSA) is 64.3 Å². The fraction of sp³-hybridized carbons (Fsp3) is 0.500. The van der Waals surface area contributed by atoms with Crippen molar-refractivity contribution in [3.05, 3.63) is 29.6 Å². The second kappa shape index (κ2) is 5.48. The minimum absolute atomic E-state index is 0.131. The first kappa shape index (κ1) is 14.1. The minimum Gasteiger partial charge on any atom is -0.478 e. The summed E-state index contributed by atoms with van der Waals surface area (Å²) in [5, 5.41) is 9.36. The number of carboxylic acid groups (broad SMARTS) is 1. The van der Waals surface area contributed by atoms with E-state index in [0.717, 1.165) is 37.2 Å². The molecule has 5 heteroatoms. The molecule has 21 heavy (non-hydrogen) atoms. The Labute approximate surface area is 123 Å². The zero-order chi connectivity index (χ0) is 15.0. The summed E-state index contributed by atoms with van der Waals surface area (Å²) >= 11 is 0. The van der Waals surface area contributed by atoms with E-state index in [0.29, 0.717) is 5.52 Å². The van der Waals surface area contributed by atoms with Crippen molar-refractivity contribution in [2.75, 3.05) is 6.61 Å². The number of imidazole rings is 1. The number of hydrogen-bond donors (Lipinski definition) is 1. The van der Waals surface area contributed by atoms with Crippen LogP contribution in [0, 0.1) is 0 Å². The number of hydrogen-bond acceptors (Lipinski definition) is 3. The molecule has 5 nitrogen and oxygen atoms in total. The van der Waals surface area contributed by atoms with E-state index in [9.17, 15) is 9.90 Å². The molecule has 2 unspecified atom stereocenters. The summed E-state index contributed by atoms with van der Waals surface area (Å²) < 4.78 is 7.88. The molecule has 2 heterocycles. The second-order valence-corrected chi connectivity index (χ2v) is 5.56. The molecule has 112 valence electrons. The fourth-order valence-corrected chi connectivity index (χ4v) is 3.17. The van der Waals surface area contributed by atoms with Crippen molar-refractivity contribution >= 4 is 17.0 Å². The zero-order valence-corrected chi connectivity index (χ0v) is 12.4. The molecular weight excluding hydrogens is 268 g/mol. The van der Waals surface area contributed by atoms with Crippen LogP contribution in [-0.4, -0.2) is 33.3 Å². The van der Waals surface area contributed by atoms with E-state index in [1.54, 1.807) is 12.1 Å². The van der Waals surface area contributed by atoms with Crippen molar-refractivity contribution in [1.29, 1.82) is 0 Å². The number of rotatable bonds is 4. The van der Waals surface area contributed by atoms with Crippen molar-refractivity contribution < 1.29 is 14.6 Å². The first-order valence-corrected chi connectivity index (χ1v) is 7.48. The lowest BCUT2D eigenvalue weighted by Gasteiger charge is -2.19. The molecule has 2 aromatic rings. The van der Waals surface area contributed by atoms with Gasteiger partial charge in [0.25, 0.3) is 0 Å². The number of para-hydroxylation sites is 1. The van der Waals surface area contributed by atoms with Gasteiger partial charge in [0, 0.05) is 13.0 Å². The van der Waals surface area contributed by atoms with E-state index < -0.39 is 5.97 Å². The maximum absolute atomic E-state index is 11.4. The predicted octanol–water partition coefficient (Wildman–Crippen LogP) is 3.04. The summed E-state index contributed by atoms with van der Waals surface area (Å²) in [6.45, 7) is 4.92. The SMILES string of the molecule is CCCc1nc2c(C(=O)O)cccc2n1C1CCOC1C. The molecule has 0 amide bonds. The third-order valence-electron chi connectivity index (χ3n) is 4.17. The summed E-state index contributed by atoms with van der Waals surface area (Å²) in [5.74, 6) is 0.0348. The number of aryl methyl sites for hydroxylation is 1. The number of carbonyl (C=O) groups is 1. The van der Waals surface area contributed by atoms with Crippen molar-refractivity contribution in [2.24, 2.45) is 0 Å². The number of fused-ring (bicyclic) bond motifs is 1. The van der Waals surface area contributed by atoms with Crippen LogP contribution < -0.4 is 0 Å². The molecule has 1 N–H and O–H groups in total. The summed E-state index contributed by atoms with van der Waals surface area (Å²) in [5.41, 5.74) is 1.77. The van der Waals surface area contributed by atoms with Gasteiger partial charge in [-0.1, -0.05) is 13.0 Å². The summed E-state index contributed by atoms with van der Waals surface area (Å²) in [6.07, 6.45) is 2.90. The highest BCUT2D eigenvalue weighted by molar-refractivity contribution is 6.01. The van der Waals surface area contributed by atoms with Gasteiger partial charge < -0.3 is 14.4 Å². The number of carboxylic acids is 1. The number of aromatic carboxylic acids is 1. The largest absolute Gasteiger partial charge is 0.478 e. The van der Waals surface area contributed by atoms with Crippen LogP contribution in [-0.2, 0) is 11.2 Å². The molecule has 0 radical (unpaired) electrons. The lowest BCUT2D eigenvalue weighted by atomic mass is 10.1. The fourth-order valence-electron chi connectivity index (χ4n) is 3.17. The molecular formula is C16H20N2O3. The molecule has 1 fully saturated rings. The standard InChI is InChI=1S/C16H20N2O3/c1-3-5-14-17-15-11(16(19)20)6-4-7-13(15)18(14)12-8-9-21-10(12)2/h4,6-7,10,12H,3,5,8-9H2,1-2H3,(H,19,20). The van der Waals surface area contributed by atoms with E-state index in [1.165, 1.54) is 0 Å². The lowest BCUT2D eigenvalue weighted by molar-refractivity contribution is 0.0699. The average molecular weight is 288 g/mol. The Morgan fingerprint density at radius 1 is 1.52 bits per heavy atom. The first-order chi connectivity index (χ1) is 10.1. The van der Waals surface area contributed by atoms with E-state index in [1.807, 2.05) is 6.07 Å². The molecule has 0 saturated carbocycles. The zero-order valence-electron chi connectivity index (χ0n) is 12.4. The Morgan fingerprint density at radius 3 is 2.95 bits per heavy atom. The predicted molar refractivity (Wildman–Crippen MR) is 79.8 cm³/mol. The van der Waals surface area contributed by atoms with Crippen LogP contribution >= 0.6 is 0 Å². The third kappa shape index (κ3) is 2.31. The van der Waals surface area contributed by atoms with Crippen LogP contribution in [0.3, 0.4) is 0 Å². The van der Waals surface area contributed by atoms with Crippen LogP contribution in [0.5, 0.6) is 0 Å². The van der Waals surface area contributed by atoms with E-state index >= 15 is 0 Å². The molecule has 3 rings (SSSR count). The molecule has 1 saturated heterocycles. The average Bonchev–Trinajstić information content (AvgIpc) is 3.01. The second-order valence-electron chi connectivity index (χ2n) is 5.56. The van der Waals surface area contributed by atoms with Gasteiger partial charge in [-0.3, -0.25) is 0 Å². The summed E-state index contributed by atoms with van der Waals surface area (Å²) in [4.78, 5) is 16.0. The van der Waals surface area contributed by atoms with Gasteiger partial charge in [-0.05, 0) is 31.9 Å². The van der Waals surface area contributed by atoms with Crippen LogP contribution in [0.4, 0.5) is 0 Å². The van der Waals surface area contributed by atoms with Crippen molar-refractivity contribution in [1.82, 2.24) is 9.55 Å². The monoisotopic (exact) mass is 288 g/mol. The van der Waals surface area contributed by atoms with Gasteiger partial charge in [0.1, 0.15) is 11.3 Å². The number of nitrogens with zero attached hydrogens (tertiary/aromatic N) is 2. The highest BCUT2D eigenvalue weighted by atomic mass is 16.5. The van der Waals surface area contributed by atoms with Gasteiger partial charge in [-0.2, -0.15) is 0 Å². The van der Waals surface area contributed by atoms with Crippen LogP contribution in [0.15, 0.2) is 18.2 Å². The highest BCUT2D eigenvalue weighted by Gasteiger charge is 2.30. The van der Waals surface area contributed by atoms with Crippen LogP contribution in [0.1, 0.15) is 48.9 Å². The highest BCUT2D eigenvalue weighted by Crippen LogP contribution is 2.32. The molecule has 2 atom stereocenters. The Morgan fingerprint density at radius 2 is 2.33 bits per heavy atom. The van der Waals surface area contributed by atoms with Crippen molar-refractivity contribution in [3.8, 4) is 0 Å². The molecule has 0 bridgehead atoms. The normalized spacial score (nSPS) is 22.0. The van der Waals surface area contributed by atoms with Gasteiger partial charge in [-0.15, -0.1) is 0 Å². The molecule has 0 aliphatic carbocycles. The van der Waals surface area contributed by atoms with Gasteiger partial charge >= 0.3 is 5.97 Å². The number of benzene rings is 1. The third-order valence-corrected chi connectivity index (χ3v) is 4.17. The minimum atomic E-state index is -0.927. The Bertz CT molecular complexity index is 677. The lowest BCUT2D eigenvalue weighted by Crippen LogP contribution is -2.19. The van der Waals surface area contributed by atoms with E-state index in [4.69, 9.17) is 4.74 Å². The summed E-state index contributed by atoms with van der Waals surface area (Å²) in [7, 11) is 0. The van der Waals surface area contributed by atoms with Crippen LogP contribution in [0.25, 0.3) is 11.0 Å². The Balaban J connectivity index is 2.22. The first-order valence-electron chi connectivity index (χ1n) is 7.48. The van der Waals surface area contributed by atoms with Gasteiger partial charge in [0.15, 0.2) is 0 Å². The number of aromatic nitrogens is 2. The summed E-state index contributed by atoms with van der Waals surface area (Å²) in [6, 6.07) is 5.60. The van der Waals surface area contributed by atoms with Crippen molar-refractivity contribution in [2.45, 2.75) is 45.3 Å². The van der Waals surface area contributed by atoms with Gasteiger partial charge in [-0.25, -0.2) is 9.78 Å². The van der Waals surface area contributed by atoms with E-state index in [2.05, 4.69) is 23.4 Å². The van der Waals surface area contributed by atoms with E-state index in [-0.39, 0.29) is 17.7 Å². The molecule has 1 aromatic carbocycles. The molecule has 1 aliphatic heterocycles. The quantitative estimate of drug-likeness (QED) is 0.939. The Kier molecular flexibility index (Phi) is 3.68.